The van der Waals surface area contributed by atoms with E-state index in [0.29, 0.717) is 12.2 Å². The molecule has 0 radical (unpaired) electrons. The van der Waals surface area contributed by atoms with E-state index in [2.05, 4.69) is 21.1 Å². The highest BCUT2D eigenvalue weighted by molar-refractivity contribution is 9.10. The summed E-state index contributed by atoms with van der Waals surface area (Å²) in [6, 6.07) is 5.27. The van der Waals surface area contributed by atoms with Crippen molar-refractivity contribution in [3.05, 3.63) is 28.2 Å². The largest absolute Gasteiger partial charge is 0.494 e. The minimum Gasteiger partial charge on any atom is -0.494 e. The highest BCUT2D eigenvalue weighted by atomic mass is 79.9. The van der Waals surface area contributed by atoms with Crippen LogP contribution in [0.15, 0.2) is 27.8 Å². The first-order valence-electron chi connectivity index (χ1n) is 4.09. The number of ether oxygens (including phenoxy) is 1. The molecule has 0 aliphatic heterocycles. The van der Waals surface area contributed by atoms with E-state index in [1.165, 1.54) is 0 Å². The second-order valence-corrected chi connectivity index (χ2v) is 3.41. The molecule has 3 N–H and O–H groups in total. The van der Waals surface area contributed by atoms with Crippen molar-refractivity contribution in [2.75, 3.05) is 6.61 Å². The second-order valence-electron chi connectivity index (χ2n) is 2.56. The van der Waals surface area contributed by atoms with Crippen molar-refractivity contribution in [2.45, 2.75) is 6.92 Å². The third kappa shape index (κ3) is 2.38. The van der Waals surface area contributed by atoms with Crippen LogP contribution < -0.4 is 10.5 Å². The Balaban J connectivity index is 3.01. The number of nitrogens with zero attached hydrogens (tertiary/aromatic N) is 1. The average molecular weight is 259 g/mol. The van der Waals surface area contributed by atoms with Crippen LogP contribution >= 0.6 is 15.9 Å². The molecule has 0 saturated carbocycles. The Morgan fingerprint density at radius 1 is 1.64 bits per heavy atom. The van der Waals surface area contributed by atoms with Crippen LogP contribution in [-0.4, -0.2) is 17.6 Å². The van der Waals surface area contributed by atoms with E-state index in [-0.39, 0.29) is 5.84 Å². The Bertz CT molecular complexity index is 353. The Hall–Kier alpha value is -1.23. The van der Waals surface area contributed by atoms with Crippen LogP contribution in [0.1, 0.15) is 12.5 Å². The zero-order chi connectivity index (χ0) is 10.6. The van der Waals surface area contributed by atoms with Gasteiger partial charge in [0.05, 0.1) is 6.61 Å². The Labute approximate surface area is 90.5 Å². The zero-order valence-corrected chi connectivity index (χ0v) is 9.28. The molecule has 76 valence electrons. The zero-order valence-electron chi connectivity index (χ0n) is 7.70. The predicted molar refractivity (Wildman–Crippen MR) is 57.8 cm³/mol. The molecule has 0 bridgehead atoms. The Morgan fingerprint density at radius 3 is 2.86 bits per heavy atom. The van der Waals surface area contributed by atoms with Crippen molar-refractivity contribution in [2.24, 2.45) is 10.9 Å². The summed E-state index contributed by atoms with van der Waals surface area (Å²) in [5, 5.41) is 11.4. The van der Waals surface area contributed by atoms with E-state index in [1.807, 2.05) is 6.92 Å². The molecule has 5 heteroatoms. The summed E-state index contributed by atoms with van der Waals surface area (Å²) in [6.45, 7) is 2.51. The van der Waals surface area contributed by atoms with Gasteiger partial charge in [0.2, 0.25) is 0 Å². The number of rotatable bonds is 3. The van der Waals surface area contributed by atoms with Crippen molar-refractivity contribution in [1.82, 2.24) is 0 Å². The maximum atomic E-state index is 8.50. The molecule has 0 spiro atoms. The van der Waals surface area contributed by atoms with E-state index >= 15 is 0 Å². The van der Waals surface area contributed by atoms with Gasteiger partial charge in [0.1, 0.15) is 5.75 Å². The third-order valence-corrected chi connectivity index (χ3v) is 2.29. The number of benzene rings is 1. The molecule has 4 nitrogen and oxygen atoms in total. The fraction of sp³-hybridized carbons (Fsp3) is 0.222. The Morgan fingerprint density at radius 2 is 2.36 bits per heavy atom. The standard InChI is InChI=1S/C9H11BrN2O2/c1-2-14-6-3-4-7(8(10)5-6)9(11)12-13/h3-5,13H,2H2,1H3,(H2,11,12). The van der Waals surface area contributed by atoms with Crippen molar-refractivity contribution < 1.29 is 9.94 Å². The number of hydrogen-bond donors (Lipinski definition) is 2. The first-order valence-corrected chi connectivity index (χ1v) is 4.88. The van der Waals surface area contributed by atoms with Crippen molar-refractivity contribution in [3.8, 4) is 5.75 Å². The molecule has 1 aromatic rings. The molecule has 14 heavy (non-hydrogen) atoms. The molecule has 0 aliphatic carbocycles. The summed E-state index contributed by atoms with van der Waals surface area (Å²) >= 11 is 3.31. The van der Waals surface area contributed by atoms with Crippen LogP contribution in [0.25, 0.3) is 0 Å². The van der Waals surface area contributed by atoms with Gasteiger partial charge in [-0.1, -0.05) is 5.16 Å². The van der Waals surface area contributed by atoms with Crippen LogP contribution in [-0.2, 0) is 0 Å². The van der Waals surface area contributed by atoms with Crippen LogP contribution in [0.2, 0.25) is 0 Å². The lowest BCUT2D eigenvalue weighted by Crippen LogP contribution is -2.13. The molecule has 0 aliphatic rings. The smallest absolute Gasteiger partial charge is 0.171 e. The van der Waals surface area contributed by atoms with E-state index in [4.69, 9.17) is 15.7 Å². The highest BCUT2D eigenvalue weighted by Gasteiger charge is 2.05. The van der Waals surface area contributed by atoms with Gasteiger partial charge >= 0.3 is 0 Å². The van der Waals surface area contributed by atoms with Gasteiger partial charge in [-0.05, 0) is 41.1 Å². The minimum atomic E-state index is 0.0694. The summed E-state index contributed by atoms with van der Waals surface area (Å²) in [7, 11) is 0. The molecule has 0 fully saturated rings. The van der Waals surface area contributed by atoms with E-state index in [0.717, 1.165) is 10.2 Å². The third-order valence-electron chi connectivity index (χ3n) is 1.64. The van der Waals surface area contributed by atoms with Gasteiger partial charge in [0.15, 0.2) is 5.84 Å². The lowest BCUT2D eigenvalue weighted by atomic mass is 10.2. The first-order chi connectivity index (χ1) is 6.69. The second kappa shape index (κ2) is 4.85. The number of hydrogen-bond acceptors (Lipinski definition) is 3. The van der Waals surface area contributed by atoms with Gasteiger partial charge in [-0.15, -0.1) is 0 Å². The summed E-state index contributed by atoms with van der Waals surface area (Å²) in [4.78, 5) is 0. The summed E-state index contributed by atoms with van der Waals surface area (Å²) in [6.07, 6.45) is 0. The van der Waals surface area contributed by atoms with E-state index in [1.54, 1.807) is 18.2 Å². The molecular formula is C9H11BrN2O2. The molecule has 0 heterocycles. The predicted octanol–water partition coefficient (Wildman–Crippen LogP) is 1.94. The summed E-state index contributed by atoms with van der Waals surface area (Å²) in [5.41, 5.74) is 6.08. The van der Waals surface area contributed by atoms with Crippen molar-refractivity contribution in [1.29, 1.82) is 0 Å². The van der Waals surface area contributed by atoms with Crippen molar-refractivity contribution >= 4 is 21.8 Å². The first kappa shape index (κ1) is 10.8. The molecule has 0 unspecified atom stereocenters. The van der Waals surface area contributed by atoms with Crippen LogP contribution in [0, 0.1) is 0 Å². The maximum Gasteiger partial charge on any atom is 0.171 e. The van der Waals surface area contributed by atoms with Gasteiger partial charge in [-0.2, -0.15) is 0 Å². The molecule has 0 saturated heterocycles. The van der Waals surface area contributed by atoms with Gasteiger partial charge in [0.25, 0.3) is 0 Å². The van der Waals surface area contributed by atoms with E-state index in [9.17, 15) is 0 Å². The number of amidine groups is 1. The minimum absolute atomic E-state index is 0.0694. The number of oxime groups is 1. The van der Waals surface area contributed by atoms with Crippen LogP contribution in [0.3, 0.4) is 0 Å². The van der Waals surface area contributed by atoms with Crippen molar-refractivity contribution in [3.63, 3.8) is 0 Å². The molecule has 1 aromatic carbocycles. The van der Waals surface area contributed by atoms with Gasteiger partial charge in [-0.3, -0.25) is 0 Å². The molecule has 0 amide bonds. The van der Waals surface area contributed by atoms with Gasteiger partial charge in [0, 0.05) is 10.0 Å². The molecule has 0 aromatic heterocycles. The normalized spacial score (nSPS) is 11.4. The molecular weight excluding hydrogens is 248 g/mol. The molecule has 1 rings (SSSR count). The lowest BCUT2D eigenvalue weighted by Gasteiger charge is -2.06. The van der Waals surface area contributed by atoms with Gasteiger partial charge < -0.3 is 15.7 Å². The fourth-order valence-corrected chi connectivity index (χ4v) is 1.57. The molecule has 0 atom stereocenters. The average Bonchev–Trinajstić information content (AvgIpc) is 2.17. The number of halogens is 1. The lowest BCUT2D eigenvalue weighted by molar-refractivity contribution is 0.318. The van der Waals surface area contributed by atoms with Gasteiger partial charge in [-0.25, -0.2) is 0 Å². The summed E-state index contributed by atoms with van der Waals surface area (Å²) in [5.74, 6) is 0.814. The van der Waals surface area contributed by atoms with E-state index < -0.39 is 0 Å². The monoisotopic (exact) mass is 258 g/mol. The Kier molecular flexibility index (Phi) is 3.76. The maximum absolute atomic E-state index is 8.50. The number of nitrogens with two attached hydrogens (primary N) is 1. The summed E-state index contributed by atoms with van der Waals surface area (Å²) < 4.78 is 6.02. The fourth-order valence-electron chi connectivity index (χ4n) is 1.01. The van der Waals surface area contributed by atoms with Crippen LogP contribution in [0.4, 0.5) is 0 Å². The quantitative estimate of drug-likeness (QED) is 0.377. The topological polar surface area (TPSA) is 67.8 Å². The SMILES string of the molecule is CCOc1ccc(/C(N)=N/O)c(Br)c1. The highest BCUT2D eigenvalue weighted by Crippen LogP contribution is 2.22. The van der Waals surface area contributed by atoms with Crippen LogP contribution in [0.5, 0.6) is 5.75 Å².